The molecule has 2 aromatic heterocycles. The first kappa shape index (κ1) is 29.4. The minimum absolute atomic E-state index is 0.629. The van der Waals surface area contributed by atoms with Crippen molar-refractivity contribution in [1.82, 2.24) is 19.9 Å². The summed E-state index contributed by atoms with van der Waals surface area (Å²) in [6.45, 7) is 0. The highest BCUT2D eigenvalue weighted by molar-refractivity contribution is 6.10. The summed E-state index contributed by atoms with van der Waals surface area (Å²) in [4.78, 5) is 19.7. The highest BCUT2D eigenvalue weighted by Gasteiger charge is 2.14. The van der Waals surface area contributed by atoms with Gasteiger partial charge in [-0.3, -0.25) is 4.98 Å². The lowest BCUT2D eigenvalue weighted by Gasteiger charge is -2.11. The third kappa shape index (κ3) is 5.59. The molecule has 0 aliphatic rings. The van der Waals surface area contributed by atoms with Gasteiger partial charge >= 0.3 is 0 Å². The Balaban J connectivity index is 1.11. The smallest absolute Gasteiger partial charge is 0.164 e. The second-order valence-electron chi connectivity index (χ2n) is 12.3. The quantitative estimate of drug-likeness (QED) is 0.170. The zero-order valence-corrected chi connectivity index (χ0v) is 27.1. The molecule has 0 aliphatic heterocycles. The Morgan fingerprint density at radius 2 is 0.740 bits per heavy atom. The van der Waals surface area contributed by atoms with Crippen molar-refractivity contribution in [2.24, 2.45) is 0 Å². The molecule has 0 amide bonds. The summed E-state index contributed by atoms with van der Waals surface area (Å²) >= 11 is 0. The van der Waals surface area contributed by atoms with Crippen LogP contribution in [-0.4, -0.2) is 19.9 Å². The topological polar surface area (TPSA) is 51.6 Å². The van der Waals surface area contributed by atoms with Crippen molar-refractivity contribution >= 4 is 21.7 Å². The summed E-state index contributed by atoms with van der Waals surface area (Å²) < 4.78 is 0. The van der Waals surface area contributed by atoms with Crippen LogP contribution in [0, 0.1) is 0 Å². The van der Waals surface area contributed by atoms with Gasteiger partial charge in [0.05, 0.1) is 5.52 Å². The number of aromatic nitrogens is 4. The Labute approximate surface area is 290 Å². The molecule has 0 N–H and O–H groups in total. The lowest BCUT2D eigenvalue weighted by atomic mass is 9.96. The van der Waals surface area contributed by atoms with Gasteiger partial charge in [0, 0.05) is 33.7 Å². The molecule has 9 rings (SSSR count). The number of pyridine rings is 1. The molecular formula is C46H30N4. The van der Waals surface area contributed by atoms with Crippen LogP contribution in [0.25, 0.3) is 89.2 Å². The fourth-order valence-electron chi connectivity index (χ4n) is 6.60. The van der Waals surface area contributed by atoms with E-state index in [1.807, 2.05) is 24.4 Å². The zero-order valence-electron chi connectivity index (χ0n) is 27.1. The van der Waals surface area contributed by atoms with E-state index in [4.69, 9.17) is 15.0 Å². The lowest BCUT2D eigenvalue weighted by Crippen LogP contribution is -2.00. The molecule has 0 aliphatic carbocycles. The number of benzene rings is 7. The van der Waals surface area contributed by atoms with Crippen LogP contribution >= 0.6 is 0 Å². The monoisotopic (exact) mass is 638 g/mol. The number of fused-ring (bicyclic) bond motifs is 3. The van der Waals surface area contributed by atoms with E-state index in [0.717, 1.165) is 55.2 Å². The Morgan fingerprint density at radius 1 is 0.280 bits per heavy atom. The van der Waals surface area contributed by atoms with Crippen LogP contribution in [0.4, 0.5) is 0 Å². The fourth-order valence-corrected chi connectivity index (χ4v) is 6.60. The van der Waals surface area contributed by atoms with Gasteiger partial charge in [-0.15, -0.1) is 0 Å². The Kier molecular flexibility index (Phi) is 7.45. The molecule has 0 radical (unpaired) electrons. The van der Waals surface area contributed by atoms with Crippen LogP contribution in [0.15, 0.2) is 182 Å². The van der Waals surface area contributed by atoms with Gasteiger partial charge in [-0.05, 0) is 44.8 Å². The first-order chi connectivity index (χ1) is 24.8. The third-order valence-electron chi connectivity index (χ3n) is 9.22. The first-order valence-electron chi connectivity index (χ1n) is 16.7. The second kappa shape index (κ2) is 12.7. The van der Waals surface area contributed by atoms with Crippen LogP contribution in [0.5, 0.6) is 0 Å². The molecule has 4 nitrogen and oxygen atoms in total. The fraction of sp³-hybridized carbons (Fsp3) is 0. The lowest BCUT2D eigenvalue weighted by molar-refractivity contribution is 1.07. The predicted octanol–water partition coefficient (Wildman–Crippen LogP) is 11.6. The molecule has 0 fully saturated rings. The molecule has 0 bridgehead atoms. The van der Waals surface area contributed by atoms with Crippen LogP contribution in [-0.2, 0) is 0 Å². The van der Waals surface area contributed by atoms with Gasteiger partial charge in [-0.2, -0.15) is 0 Å². The molecule has 2 heterocycles. The van der Waals surface area contributed by atoms with Gasteiger partial charge in [-0.1, -0.05) is 170 Å². The van der Waals surface area contributed by atoms with Crippen molar-refractivity contribution in [3.63, 3.8) is 0 Å². The molecule has 0 spiro atoms. The molecule has 7 aromatic carbocycles. The molecule has 9 aromatic rings. The van der Waals surface area contributed by atoms with Crippen LogP contribution in [0.3, 0.4) is 0 Å². The van der Waals surface area contributed by atoms with Gasteiger partial charge in [0.15, 0.2) is 17.5 Å². The van der Waals surface area contributed by atoms with Gasteiger partial charge in [-0.25, -0.2) is 15.0 Å². The van der Waals surface area contributed by atoms with Gasteiger partial charge in [0.2, 0.25) is 0 Å². The molecule has 0 unspecified atom stereocenters. The summed E-state index contributed by atoms with van der Waals surface area (Å²) in [5, 5.41) is 3.46. The van der Waals surface area contributed by atoms with Crippen molar-refractivity contribution < 1.29 is 0 Å². The number of rotatable bonds is 6. The second-order valence-corrected chi connectivity index (χ2v) is 12.3. The molecule has 0 saturated heterocycles. The summed E-state index contributed by atoms with van der Waals surface area (Å²) in [5.41, 5.74) is 10.7. The van der Waals surface area contributed by atoms with Crippen molar-refractivity contribution in [1.29, 1.82) is 0 Å². The van der Waals surface area contributed by atoms with Crippen molar-refractivity contribution in [3.05, 3.63) is 182 Å². The van der Waals surface area contributed by atoms with Crippen molar-refractivity contribution in [2.75, 3.05) is 0 Å². The van der Waals surface area contributed by atoms with E-state index in [2.05, 4.69) is 163 Å². The van der Waals surface area contributed by atoms with E-state index in [1.165, 1.54) is 16.5 Å². The normalized spacial score (nSPS) is 11.2. The van der Waals surface area contributed by atoms with Gasteiger partial charge in [0.1, 0.15) is 0 Å². The first-order valence-corrected chi connectivity index (χ1v) is 16.7. The Morgan fingerprint density at radius 3 is 1.26 bits per heavy atom. The number of nitrogens with zero attached hydrogens (tertiary/aromatic N) is 4. The van der Waals surface area contributed by atoms with Crippen LogP contribution in [0.1, 0.15) is 0 Å². The maximum Gasteiger partial charge on any atom is 0.164 e. The largest absolute Gasteiger partial charge is 0.256 e. The van der Waals surface area contributed by atoms with Gasteiger partial charge in [0.25, 0.3) is 0 Å². The van der Waals surface area contributed by atoms with Crippen molar-refractivity contribution in [3.8, 4) is 67.5 Å². The summed E-state index contributed by atoms with van der Waals surface area (Å²) in [7, 11) is 0. The van der Waals surface area contributed by atoms with Gasteiger partial charge < -0.3 is 0 Å². The molecule has 0 atom stereocenters. The third-order valence-corrected chi connectivity index (χ3v) is 9.22. The van der Waals surface area contributed by atoms with Crippen LogP contribution < -0.4 is 0 Å². The summed E-state index contributed by atoms with van der Waals surface area (Å²) in [5.74, 6) is 1.90. The predicted molar refractivity (Wildman–Crippen MR) is 205 cm³/mol. The standard InChI is InChI=1S/C46H30N4/c1-3-9-31(10-4-1)33-16-22-37(23-17-33)44-48-45(38-24-18-34(19-25-38)32-11-5-2-6-12-32)50-46(49-44)39-26-20-35(21-27-39)40-14-7-15-42-41(40)29-28-36-13-8-30-47-43(36)42/h1-30H. The summed E-state index contributed by atoms with van der Waals surface area (Å²) in [6, 6.07) is 61.0. The SMILES string of the molecule is c1ccc(-c2ccc(-c3nc(-c4ccc(-c5ccccc5)cc4)nc(-c4ccc(-c5cccc6c5ccc5cccnc56)cc4)n3)cc2)cc1. The average molecular weight is 639 g/mol. The Hall–Kier alpha value is -6.78. The van der Waals surface area contributed by atoms with E-state index in [1.54, 1.807) is 0 Å². The average Bonchev–Trinajstić information content (AvgIpc) is 3.21. The molecule has 4 heteroatoms. The Bertz CT molecular complexity index is 2500. The highest BCUT2D eigenvalue weighted by atomic mass is 15.0. The number of hydrogen-bond donors (Lipinski definition) is 0. The van der Waals surface area contributed by atoms with E-state index in [0.29, 0.717) is 17.5 Å². The summed E-state index contributed by atoms with van der Waals surface area (Å²) in [6.07, 6.45) is 1.86. The zero-order chi connectivity index (χ0) is 33.3. The van der Waals surface area contributed by atoms with E-state index < -0.39 is 0 Å². The molecule has 234 valence electrons. The maximum atomic E-state index is 5.02. The minimum Gasteiger partial charge on any atom is -0.256 e. The molecular weight excluding hydrogens is 609 g/mol. The minimum atomic E-state index is 0.629. The van der Waals surface area contributed by atoms with E-state index in [9.17, 15) is 0 Å². The van der Waals surface area contributed by atoms with E-state index in [-0.39, 0.29) is 0 Å². The van der Waals surface area contributed by atoms with Crippen molar-refractivity contribution in [2.45, 2.75) is 0 Å². The molecule has 50 heavy (non-hydrogen) atoms. The van der Waals surface area contributed by atoms with Crippen LogP contribution in [0.2, 0.25) is 0 Å². The number of hydrogen-bond acceptors (Lipinski definition) is 4. The highest BCUT2D eigenvalue weighted by Crippen LogP contribution is 2.34. The molecule has 0 saturated carbocycles. The maximum absolute atomic E-state index is 5.02. The van der Waals surface area contributed by atoms with E-state index >= 15 is 0 Å².